The first kappa shape index (κ1) is 11.0. The second-order valence-corrected chi connectivity index (χ2v) is 4.19. The van der Waals surface area contributed by atoms with Gasteiger partial charge < -0.3 is 0 Å². The third kappa shape index (κ3) is 1.53. The number of carbonyl (C=O) groups excluding carboxylic acids is 1. The Bertz CT molecular complexity index is 595. The van der Waals surface area contributed by atoms with Crippen molar-refractivity contribution < 1.29 is 13.6 Å². The molecule has 18 heavy (non-hydrogen) atoms. The quantitative estimate of drug-likeness (QED) is 0.766. The van der Waals surface area contributed by atoms with Gasteiger partial charge in [0.25, 0.3) is 0 Å². The van der Waals surface area contributed by atoms with E-state index in [2.05, 4.69) is 10.1 Å². The summed E-state index contributed by atoms with van der Waals surface area (Å²) in [5.74, 6) is -3.68. The molecule has 1 unspecified atom stereocenters. The predicted octanol–water partition coefficient (Wildman–Crippen LogP) is 2.18. The third-order valence-electron chi connectivity index (χ3n) is 3.01. The average Bonchev–Trinajstić information content (AvgIpc) is 2.90. The molecule has 6 heteroatoms. The third-order valence-corrected chi connectivity index (χ3v) is 3.01. The molecule has 1 aromatic heterocycles. The lowest BCUT2D eigenvalue weighted by Gasteiger charge is -2.11. The van der Waals surface area contributed by atoms with Gasteiger partial charge in [0.2, 0.25) is 5.82 Å². The largest absolute Gasteiger partial charge is 0.308 e. The van der Waals surface area contributed by atoms with Gasteiger partial charge in [-0.2, -0.15) is 8.78 Å². The normalized spacial score (nSPS) is 20.7. The van der Waals surface area contributed by atoms with Gasteiger partial charge in [0.05, 0.1) is 6.04 Å². The van der Waals surface area contributed by atoms with Gasteiger partial charge in [0.1, 0.15) is 0 Å². The number of nitrogens with zero attached hydrogens (tertiary/aromatic N) is 3. The standard InChI is InChI=1S/C12H9F2N3O/c13-12(14)6-9(8-4-2-1-3-5-8)17-11(12)15-10(7-18)16-17/h1-5,7,9H,6H2. The fourth-order valence-electron chi connectivity index (χ4n) is 2.21. The topological polar surface area (TPSA) is 47.8 Å². The molecule has 0 fully saturated rings. The van der Waals surface area contributed by atoms with E-state index < -0.39 is 17.8 Å². The Morgan fingerprint density at radius 3 is 2.72 bits per heavy atom. The molecule has 4 nitrogen and oxygen atoms in total. The van der Waals surface area contributed by atoms with E-state index in [1.54, 1.807) is 24.3 Å². The molecule has 92 valence electrons. The highest BCUT2D eigenvalue weighted by Gasteiger charge is 2.48. The van der Waals surface area contributed by atoms with Crippen molar-refractivity contribution in [1.82, 2.24) is 14.8 Å². The first-order valence-corrected chi connectivity index (χ1v) is 5.47. The van der Waals surface area contributed by atoms with E-state index in [-0.39, 0.29) is 12.2 Å². The minimum Gasteiger partial charge on any atom is -0.294 e. The number of rotatable bonds is 2. The van der Waals surface area contributed by atoms with Gasteiger partial charge in [-0.1, -0.05) is 30.3 Å². The molecule has 0 N–H and O–H groups in total. The van der Waals surface area contributed by atoms with Crippen molar-refractivity contribution in [2.75, 3.05) is 0 Å². The predicted molar refractivity (Wildman–Crippen MR) is 58.5 cm³/mol. The second-order valence-electron chi connectivity index (χ2n) is 4.19. The Hall–Kier alpha value is -2.11. The molecule has 1 aliphatic heterocycles. The molecular weight excluding hydrogens is 240 g/mol. The van der Waals surface area contributed by atoms with Crippen LogP contribution in [0.1, 0.15) is 34.5 Å². The molecule has 3 rings (SSSR count). The Morgan fingerprint density at radius 2 is 2.06 bits per heavy atom. The van der Waals surface area contributed by atoms with E-state index in [1.165, 1.54) is 0 Å². The van der Waals surface area contributed by atoms with Crippen LogP contribution in [0, 0.1) is 0 Å². The average molecular weight is 249 g/mol. The van der Waals surface area contributed by atoms with Gasteiger partial charge in [-0.05, 0) is 5.56 Å². The maximum Gasteiger partial charge on any atom is 0.308 e. The fourth-order valence-corrected chi connectivity index (χ4v) is 2.21. The van der Waals surface area contributed by atoms with E-state index in [4.69, 9.17) is 0 Å². The lowest BCUT2D eigenvalue weighted by molar-refractivity contribution is -0.00881. The minimum absolute atomic E-state index is 0.203. The van der Waals surface area contributed by atoms with Crippen LogP contribution in [0.25, 0.3) is 0 Å². The summed E-state index contributed by atoms with van der Waals surface area (Å²) in [5, 5.41) is 3.82. The SMILES string of the molecule is O=Cc1nc2n(n1)C(c1ccccc1)CC2(F)F. The summed E-state index contributed by atoms with van der Waals surface area (Å²) in [6.07, 6.45) is 0.00887. The first-order valence-electron chi connectivity index (χ1n) is 5.47. The van der Waals surface area contributed by atoms with E-state index in [0.717, 1.165) is 10.2 Å². The van der Waals surface area contributed by atoms with E-state index in [0.29, 0.717) is 6.29 Å². The number of hydrogen-bond acceptors (Lipinski definition) is 3. The summed E-state index contributed by atoms with van der Waals surface area (Å²) in [4.78, 5) is 14.2. The molecule has 2 aromatic rings. The van der Waals surface area contributed by atoms with Crippen LogP contribution in [-0.2, 0) is 5.92 Å². The molecule has 0 amide bonds. The van der Waals surface area contributed by atoms with E-state index in [1.807, 2.05) is 6.07 Å². The summed E-state index contributed by atoms with van der Waals surface area (Å²) < 4.78 is 28.7. The maximum atomic E-state index is 13.8. The zero-order valence-corrected chi connectivity index (χ0v) is 9.25. The zero-order chi connectivity index (χ0) is 12.8. The monoisotopic (exact) mass is 249 g/mol. The Morgan fingerprint density at radius 1 is 1.33 bits per heavy atom. The van der Waals surface area contributed by atoms with Gasteiger partial charge in [-0.3, -0.25) is 4.79 Å². The van der Waals surface area contributed by atoms with Crippen LogP contribution in [0.2, 0.25) is 0 Å². The zero-order valence-electron chi connectivity index (χ0n) is 9.25. The molecule has 1 aliphatic rings. The lowest BCUT2D eigenvalue weighted by atomic mass is 10.0. The highest BCUT2D eigenvalue weighted by Crippen LogP contribution is 2.44. The molecular formula is C12H9F2N3O. The summed E-state index contributed by atoms with van der Waals surface area (Å²) in [6, 6.07) is 8.33. The minimum atomic E-state index is -3.05. The highest BCUT2D eigenvalue weighted by atomic mass is 19.3. The van der Waals surface area contributed by atoms with Crippen LogP contribution in [0.4, 0.5) is 8.78 Å². The van der Waals surface area contributed by atoms with Crippen molar-refractivity contribution in [2.45, 2.75) is 18.4 Å². The second kappa shape index (κ2) is 3.69. The molecule has 1 aromatic carbocycles. The van der Waals surface area contributed by atoms with Crippen molar-refractivity contribution in [1.29, 1.82) is 0 Å². The lowest BCUT2D eigenvalue weighted by Crippen LogP contribution is -2.10. The Labute approximate surface area is 101 Å². The Kier molecular flexibility index (Phi) is 2.26. The first-order chi connectivity index (χ1) is 8.62. The molecule has 0 spiro atoms. The summed E-state index contributed by atoms with van der Waals surface area (Å²) in [6.45, 7) is 0. The maximum absolute atomic E-state index is 13.8. The van der Waals surface area contributed by atoms with Crippen LogP contribution in [0.5, 0.6) is 0 Å². The van der Waals surface area contributed by atoms with Crippen molar-refractivity contribution in [3.8, 4) is 0 Å². The number of hydrogen-bond donors (Lipinski definition) is 0. The number of benzene rings is 1. The van der Waals surface area contributed by atoms with Gasteiger partial charge in [-0.15, -0.1) is 5.10 Å². The van der Waals surface area contributed by atoms with Gasteiger partial charge in [-0.25, -0.2) is 9.67 Å². The molecule has 0 radical (unpaired) electrons. The number of carbonyl (C=O) groups is 1. The molecule has 0 aliphatic carbocycles. The van der Waals surface area contributed by atoms with Crippen LogP contribution in [0.3, 0.4) is 0 Å². The molecule has 2 heterocycles. The highest BCUT2D eigenvalue weighted by molar-refractivity contribution is 5.68. The summed E-state index contributed by atoms with van der Waals surface area (Å²) in [7, 11) is 0. The van der Waals surface area contributed by atoms with Crippen molar-refractivity contribution in [3.05, 3.63) is 47.5 Å². The van der Waals surface area contributed by atoms with Crippen LogP contribution < -0.4 is 0 Å². The number of aldehydes is 1. The number of halogens is 2. The number of alkyl halides is 2. The van der Waals surface area contributed by atoms with Crippen molar-refractivity contribution in [3.63, 3.8) is 0 Å². The van der Waals surface area contributed by atoms with Gasteiger partial charge in [0.15, 0.2) is 12.1 Å². The fraction of sp³-hybridized carbons (Fsp3) is 0.250. The smallest absolute Gasteiger partial charge is 0.294 e. The molecule has 1 atom stereocenters. The number of aromatic nitrogens is 3. The van der Waals surface area contributed by atoms with Crippen LogP contribution >= 0.6 is 0 Å². The molecule has 0 saturated carbocycles. The summed E-state index contributed by atoms with van der Waals surface area (Å²) >= 11 is 0. The van der Waals surface area contributed by atoms with Crippen molar-refractivity contribution in [2.24, 2.45) is 0 Å². The van der Waals surface area contributed by atoms with Crippen LogP contribution in [-0.4, -0.2) is 21.1 Å². The van der Waals surface area contributed by atoms with E-state index >= 15 is 0 Å². The Balaban J connectivity index is 2.11. The van der Waals surface area contributed by atoms with E-state index in [9.17, 15) is 13.6 Å². The van der Waals surface area contributed by atoms with Crippen LogP contribution in [0.15, 0.2) is 30.3 Å². The van der Waals surface area contributed by atoms with Gasteiger partial charge in [0, 0.05) is 6.42 Å². The molecule has 0 bridgehead atoms. The summed E-state index contributed by atoms with van der Waals surface area (Å²) in [5.41, 5.74) is 0.735. The van der Waals surface area contributed by atoms with Crippen molar-refractivity contribution >= 4 is 6.29 Å². The van der Waals surface area contributed by atoms with Gasteiger partial charge >= 0.3 is 5.92 Å². The molecule has 0 saturated heterocycles. The number of fused-ring (bicyclic) bond motifs is 1.